The molecule has 8 nitrogen and oxygen atoms in total. The highest BCUT2D eigenvalue weighted by atomic mass is 32.2. The van der Waals surface area contributed by atoms with Gasteiger partial charge in [-0.3, -0.25) is 9.59 Å². The van der Waals surface area contributed by atoms with E-state index in [1.54, 1.807) is 6.07 Å². The Kier molecular flexibility index (Phi) is 5.35. The van der Waals surface area contributed by atoms with E-state index in [0.717, 1.165) is 25.3 Å². The summed E-state index contributed by atoms with van der Waals surface area (Å²) in [7, 11) is -3.49. The van der Waals surface area contributed by atoms with Gasteiger partial charge in [-0.05, 0) is 31.4 Å². The molecule has 0 aromatic heterocycles. The van der Waals surface area contributed by atoms with Crippen molar-refractivity contribution in [2.24, 2.45) is 22.5 Å². The molecule has 1 aromatic carbocycles. The minimum absolute atomic E-state index is 0.198. The number of carbonyl (C=O) groups excluding carboxylic acids is 1. The Morgan fingerprint density at radius 1 is 1.29 bits per heavy atom. The third kappa shape index (κ3) is 3.27. The zero-order valence-electron chi connectivity index (χ0n) is 16.2. The number of nitrogens with zero attached hydrogens (tertiary/aromatic N) is 1. The number of methoxy groups -OCH3 is 1. The molecule has 12 heteroatoms. The molecule has 1 amide bonds. The molecule has 0 radical (unpaired) electrons. The van der Waals surface area contributed by atoms with Gasteiger partial charge in [0.1, 0.15) is 10.8 Å². The minimum atomic E-state index is -4.94. The first-order valence-corrected chi connectivity index (χ1v) is 10.7. The molecule has 0 heterocycles. The van der Waals surface area contributed by atoms with Gasteiger partial charge < -0.3 is 15.6 Å². The first-order valence-electron chi connectivity index (χ1n) is 9.16. The number of hydrogen-bond donors (Lipinski definition) is 2. The second kappa shape index (κ2) is 7.20. The lowest BCUT2D eigenvalue weighted by Crippen LogP contribution is -2.44. The number of aliphatic carboxylic acids is 1. The number of nitriles is 1. The van der Waals surface area contributed by atoms with E-state index in [0.29, 0.717) is 6.07 Å². The molecule has 2 saturated carbocycles. The second-order valence-corrected chi connectivity index (χ2v) is 10.1. The molecule has 168 valence electrons. The van der Waals surface area contributed by atoms with Crippen LogP contribution >= 0.6 is 0 Å². The molecule has 0 bridgehead atoms. The monoisotopic (exact) mass is 460 g/mol. The van der Waals surface area contributed by atoms with Crippen molar-refractivity contribution in [3.05, 3.63) is 29.8 Å². The van der Waals surface area contributed by atoms with Gasteiger partial charge >= 0.3 is 12.1 Å². The van der Waals surface area contributed by atoms with Gasteiger partial charge in [0, 0.05) is 13.0 Å². The lowest BCUT2D eigenvalue weighted by Gasteiger charge is -2.31. The normalized spacial score (nSPS) is 32.9. The average Bonchev–Trinajstić information content (AvgIpc) is 3.32. The summed E-state index contributed by atoms with van der Waals surface area (Å²) in [6, 6.07) is 5.37. The molecular formula is C19H19F3N2O6S. The fraction of sp³-hybridized carbons (Fsp3) is 0.526. The van der Waals surface area contributed by atoms with E-state index >= 15 is 0 Å². The molecule has 1 aromatic rings. The predicted molar refractivity (Wildman–Crippen MR) is 97.9 cm³/mol. The largest absolute Gasteiger partial charge is 0.481 e. The van der Waals surface area contributed by atoms with Crippen molar-refractivity contribution >= 4 is 21.7 Å². The molecular weight excluding hydrogens is 441 g/mol. The zero-order valence-corrected chi connectivity index (χ0v) is 17.0. The van der Waals surface area contributed by atoms with Crippen LogP contribution in [0.4, 0.5) is 13.2 Å². The minimum Gasteiger partial charge on any atom is -0.481 e. The van der Waals surface area contributed by atoms with Gasteiger partial charge in [-0.25, -0.2) is 8.42 Å². The first-order chi connectivity index (χ1) is 14.3. The van der Waals surface area contributed by atoms with Crippen LogP contribution in [0.2, 0.25) is 0 Å². The van der Waals surface area contributed by atoms with E-state index in [2.05, 4.69) is 0 Å². The van der Waals surface area contributed by atoms with Crippen LogP contribution < -0.4 is 5.73 Å². The number of hydrogen-bond acceptors (Lipinski definition) is 6. The van der Waals surface area contributed by atoms with Crippen molar-refractivity contribution in [2.45, 2.75) is 41.7 Å². The van der Waals surface area contributed by atoms with E-state index in [1.807, 2.05) is 0 Å². The zero-order chi connectivity index (χ0) is 23.4. The molecule has 2 fully saturated rings. The van der Waals surface area contributed by atoms with E-state index < -0.39 is 79.3 Å². The van der Waals surface area contributed by atoms with Crippen molar-refractivity contribution < 1.29 is 41.0 Å². The Balaban J connectivity index is 2.09. The predicted octanol–water partition coefficient (Wildman–Crippen LogP) is 1.74. The standard InChI is InChI=1S/C19H19F3N2O6S/c1-30-14-6-10(31(28,29)12-5-3-2-4-11(12)19(20,21)22)7-18(14,16(26)27)13-8-17(13,9-23)15(24)25/h2-5,10,13-14H,6-8H2,1H3,(H2,24,25)(H,26,27)/t10-,13?,14+,17?,18+/m1/s1. The number of halogens is 3. The second-order valence-electron chi connectivity index (χ2n) is 7.87. The maximum atomic E-state index is 13.4. The number of primary amides is 1. The Morgan fingerprint density at radius 2 is 1.90 bits per heavy atom. The van der Waals surface area contributed by atoms with Gasteiger partial charge in [0.25, 0.3) is 0 Å². The van der Waals surface area contributed by atoms with Crippen LogP contribution in [0.5, 0.6) is 0 Å². The molecule has 31 heavy (non-hydrogen) atoms. The Labute approximate surface area is 175 Å². The number of rotatable bonds is 6. The maximum absolute atomic E-state index is 13.4. The lowest BCUT2D eigenvalue weighted by molar-refractivity contribution is -0.159. The molecule has 0 aliphatic heterocycles. The third-order valence-corrected chi connectivity index (χ3v) is 8.67. The fourth-order valence-corrected chi connectivity index (χ4v) is 6.83. The van der Waals surface area contributed by atoms with Gasteiger partial charge in [0.2, 0.25) is 5.91 Å². The first kappa shape index (κ1) is 23.0. The molecule has 0 saturated heterocycles. The average molecular weight is 460 g/mol. The van der Waals surface area contributed by atoms with Gasteiger partial charge in [0.15, 0.2) is 9.84 Å². The Bertz CT molecular complexity index is 1080. The van der Waals surface area contributed by atoms with Crippen molar-refractivity contribution in [3.63, 3.8) is 0 Å². The van der Waals surface area contributed by atoms with Gasteiger partial charge in [-0.15, -0.1) is 0 Å². The summed E-state index contributed by atoms with van der Waals surface area (Å²) in [5, 5.41) is 17.9. The van der Waals surface area contributed by atoms with E-state index in [-0.39, 0.29) is 6.42 Å². The molecule has 3 N–H and O–H groups in total. The van der Waals surface area contributed by atoms with Crippen molar-refractivity contribution in [2.75, 3.05) is 7.11 Å². The van der Waals surface area contributed by atoms with Crippen LogP contribution in [-0.4, -0.2) is 43.9 Å². The quantitative estimate of drug-likeness (QED) is 0.657. The summed E-state index contributed by atoms with van der Waals surface area (Å²) in [5.41, 5.74) is 0.171. The Hall–Kier alpha value is -2.65. The number of carboxylic acid groups (broad SMARTS) is 1. The molecule has 2 aliphatic rings. The van der Waals surface area contributed by atoms with Gasteiger partial charge in [-0.1, -0.05) is 12.1 Å². The fourth-order valence-electron chi connectivity index (χ4n) is 4.79. The number of carbonyl (C=O) groups is 2. The number of alkyl halides is 3. The summed E-state index contributed by atoms with van der Waals surface area (Å²) in [4.78, 5) is 23.2. The lowest BCUT2D eigenvalue weighted by atomic mass is 9.75. The number of benzene rings is 1. The number of amides is 1. The van der Waals surface area contributed by atoms with Crippen LogP contribution in [0.15, 0.2) is 29.2 Å². The summed E-state index contributed by atoms with van der Waals surface area (Å²) in [6.07, 6.45) is -7.41. The maximum Gasteiger partial charge on any atom is 0.417 e. The highest BCUT2D eigenvalue weighted by Gasteiger charge is 2.75. The summed E-state index contributed by atoms with van der Waals surface area (Å²) in [6.45, 7) is 0. The van der Waals surface area contributed by atoms with Crippen LogP contribution in [0.3, 0.4) is 0 Å². The van der Waals surface area contributed by atoms with E-state index in [4.69, 9.17) is 10.5 Å². The number of nitrogens with two attached hydrogens (primary N) is 1. The van der Waals surface area contributed by atoms with Crippen molar-refractivity contribution in [1.29, 1.82) is 5.26 Å². The SMILES string of the molecule is CO[C@H]1C[C@@H](S(=O)(=O)c2ccccc2C(F)(F)F)C[C@]1(C(=O)O)C1CC1(C#N)C(N)=O. The van der Waals surface area contributed by atoms with Crippen LogP contribution in [-0.2, 0) is 30.3 Å². The van der Waals surface area contributed by atoms with Gasteiger partial charge in [-0.2, -0.15) is 18.4 Å². The highest BCUT2D eigenvalue weighted by Crippen LogP contribution is 2.66. The van der Waals surface area contributed by atoms with Crippen LogP contribution in [0, 0.1) is 28.1 Å². The molecule has 0 spiro atoms. The van der Waals surface area contributed by atoms with Crippen molar-refractivity contribution in [3.8, 4) is 6.07 Å². The molecule has 2 unspecified atom stereocenters. The summed E-state index contributed by atoms with van der Waals surface area (Å²) in [5.74, 6) is -3.66. The third-order valence-electron chi connectivity index (χ3n) is 6.46. The molecule has 5 atom stereocenters. The van der Waals surface area contributed by atoms with E-state index in [9.17, 15) is 41.5 Å². The smallest absolute Gasteiger partial charge is 0.417 e. The van der Waals surface area contributed by atoms with Gasteiger partial charge in [0.05, 0.1) is 27.9 Å². The van der Waals surface area contributed by atoms with Crippen LogP contribution in [0.25, 0.3) is 0 Å². The number of carboxylic acids is 1. The summed E-state index contributed by atoms with van der Waals surface area (Å²) < 4.78 is 71.8. The van der Waals surface area contributed by atoms with E-state index in [1.165, 1.54) is 0 Å². The number of sulfone groups is 1. The molecule has 3 rings (SSSR count). The number of ether oxygens (including phenoxy) is 1. The molecule has 2 aliphatic carbocycles. The summed E-state index contributed by atoms with van der Waals surface area (Å²) >= 11 is 0. The Morgan fingerprint density at radius 3 is 2.35 bits per heavy atom. The topological polar surface area (TPSA) is 148 Å². The van der Waals surface area contributed by atoms with Crippen LogP contribution in [0.1, 0.15) is 24.8 Å². The van der Waals surface area contributed by atoms with Crippen molar-refractivity contribution in [1.82, 2.24) is 0 Å². The highest BCUT2D eigenvalue weighted by molar-refractivity contribution is 7.92.